The topological polar surface area (TPSA) is 66.6 Å². The number of aliphatic hydroxyl groups excluding tert-OH is 1. The molecule has 3 N–H and O–H groups in total. The number of benzene rings is 1. The van der Waals surface area contributed by atoms with Gasteiger partial charge in [0.2, 0.25) is 0 Å². The highest BCUT2D eigenvalue weighted by Gasteiger charge is 2.43. The van der Waals surface area contributed by atoms with E-state index in [0.717, 1.165) is 24.9 Å². The molecule has 3 atom stereocenters. The Bertz CT molecular complexity index is 515. The lowest BCUT2D eigenvalue weighted by molar-refractivity contribution is 0.0752. The van der Waals surface area contributed by atoms with Gasteiger partial charge in [-0.25, -0.2) is 0 Å². The van der Waals surface area contributed by atoms with Gasteiger partial charge in [0.1, 0.15) is 0 Å². The molecule has 4 heteroatoms. The summed E-state index contributed by atoms with van der Waals surface area (Å²) in [7, 11) is 0. The van der Waals surface area contributed by atoms with Crippen molar-refractivity contribution < 1.29 is 9.90 Å². The molecule has 3 unspecified atom stereocenters. The Morgan fingerprint density at radius 1 is 1.37 bits per heavy atom. The van der Waals surface area contributed by atoms with Crippen LogP contribution in [0.2, 0.25) is 0 Å². The van der Waals surface area contributed by atoms with E-state index < -0.39 is 0 Å². The number of carbonyl (C=O) groups excluding carboxylic acids is 1. The third-order valence-corrected chi connectivity index (χ3v) is 4.62. The highest BCUT2D eigenvalue weighted by atomic mass is 16.3. The van der Waals surface area contributed by atoms with Crippen molar-refractivity contribution in [1.29, 1.82) is 0 Å². The van der Waals surface area contributed by atoms with Gasteiger partial charge in [0.25, 0.3) is 5.91 Å². The molecule has 1 aliphatic carbocycles. The van der Waals surface area contributed by atoms with Crippen LogP contribution in [0.3, 0.4) is 0 Å². The van der Waals surface area contributed by atoms with Crippen LogP contribution >= 0.6 is 0 Å². The third-order valence-electron chi connectivity index (χ3n) is 4.62. The Labute approximate surface area is 113 Å². The predicted octanol–water partition coefficient (Wildman–Crippen LogP) is 1.42. The fraction of sp³-hybridized carbons (Fsp3) is 0.533. The number of nitrogens with zero attached hydrogens (tertiary/aromatic N) is 1. The van der Waals surface area contributed by atoms with Crippen molar-refractivity contribution in [3.05, 3.63) is 29.3 Å². The summed E-state index contributed by atoms with van der Waals surface area (Å²) in [5.41, 5.74) is 8.12. The molecule has 3 rings (SSSR count). The Hall–Kier alpha value is -1.55. The number of hydrogen-bond acceptors (Lipinski definition) is 3. The van der Waals surface area contributed by atoms with Crippen molar-refractivity contribution in [3.63, 3.8) is 0 Å². The minimum atomic E-state index is -0.226. The van der Waals surface area contributed by atoms with Crippen LogP contribution in [-0.2, 0) is 0 Å². The van der Waals surface area contributed by atoms with E-state index in [9.17, 15) is 9.90 Å². The van der Waals surface area contributed by atoms with Gasteiger partial charge in [0.15, 0.2) is 0 Å². The molecular weight excluding hydrogens is 240 g/mol. The lowest BCUT2D eigenvalue weighted by atomic mass is 10.00. The number of likely N-dealkylation sites (tertiary alicyclic amines) is 1. The van der Waals surface area contributed by atoms with Crippen molar-refractivity contribution in [2.45, 2.75) is 25.9 Å². The zero-order chi connectivity index (χ0) is 13.6. The van der Waals surface area contributed by atoms with Crippen LogP contribution in [0.5, 0.6) is 0 Å². The maximum atomic E-state index is 12.5. The first-order valence-corrected chi connectivity index (χ1v) is 6.89. The molecule has 0 bridgehead atoms. The Balaban J connectivity index is 1.76. The van der Waals surface area contributed by atoms with E-state index >= 15 is 0 Å². The SMILES string of the molecule is Cc1cc(C(=O)N2CC3CCC(O)C3C2)ccc1N. The number of aryl methyl sites for hydroxylation is 1. The minimum absolute atomic E-state index is 0.0599. The monoisotopic (exact) mass is 260 g/mol. The van der Waals surface area contributed by atoms with Crippen molar-refractivity contribution in [3.8, 4) is 0 Å². The second kappa shape index (κ2) is 4.53. The summed E-state index contributed by atoms with van der Waals surface area (Å²) < 4.78 is 0. The highest BCUT2D eigenvalue weighted by Crippen LogP contribution is 2.38. The number of rotatable bonds is 1. The van der Waals surface area contributed by atoms with Gasteiger partial charge in [-0.15, -0.1) is 0 Å². The van der Waals surface area contributed by atoms with Crippen LogP contribution in [0.25, 0.3) is 0 Å². The van der Waals surface area contributed by atoms with Crippen LogP contribution < -0.4 is 5.73 Å². The summed E-state index contributed by atoms with van der Waals surface area (Å²) in [4.78, 5) is 14.3. The van der Waals surface area contributed by atoms with Gasteiger partial charge in [-0.1, -0.05) is 0 Å². The summed E-state index contributed by atoms with van der Waals surface area (Å²) in [6.45, 7) is 3.38. The van der Waals surface area contributed by atoms with Crippen LogP contribution in [-0.4, -0.2) is 35.1 Å². The van der Waals surface area contributed by atoms with Gasteiger partial charge >= 0.3 is 0 Å². The van der Waals surface area contributed by atoms with Crippen LogP contribution in [0, 0.1) is 18.8 Å². The first-order valence-electron chi connectivity index (χ1n) is 6.89. The van der Waals surface area contributed by atoms with Crippen molar-refractivity contribution in [2.75, 3.05) is 18.8 Å². The second-order valence-electron chi connectivity index (χ2n) is 5.85. The molecule has 1 amide bonds. The number of hydrogen-bond donors (Lipinski definition) is 2. The van der Waals surface area contributed by atoms with E-state index in [0.29, 0.717) is 23.7 Å². The lowest BCUT2D eigenvalue weighted by Gasteiger charge is -2.19. The fourth-order valence-corrected chi connectivity index (χ4v) is 3.39. The van der Waals surface area contributed by atoms with E-state index in [1.165, 1.54) is 0 Å². The standard InChI is InChI=1S/C15H20N2O2/c1-9-6-10(2-4-13(9)16)15(19)17-7-11-3-5-14(18)12(11)8-17/h2,4,6,11-12,14,18H,3,5,7-8,16H2,1H3. The largest absolute Gasteiger partial charge is 0.399 e. The number of carbonyl (C=O) groups is 1. The molecule has 19 heavy (non-hydrogen) atoms. The molecule has 4 nitrogen and oxygen atoms in total. The van der Waals surface area contributed by atoms with E-state index in [2.05, 4.69) is 0 Å². The zero-order valence-corrected chi connectivity index (χ0v) is 11.2. The average molecular weight is 260 g/mol. The van der Waals surface area contributed by atoms with E-state index in [1.54, 1.807) is 12.1 Å². The summed E-state index contributed by atoms with van der Waals surface area (Å²) >= 11 is 0. The predicted molar refractivity (Wildman–Crippen MR) is 73.7 cm³/mol. The summed E-state index contributed by atoms with van der Waals surface area (Å²) in [6.07, 6.45) is 1.70. The number of aliphatic hydroxyl groups is 1. The van der Waals surface area contributed by atoms with Crippen LogP contribution in [0.1, 0.15) is 28.8 Å². The summed E-state index contributed by atoms with van der Waals surface area (Å²) in [6, 6.07) is 5.42. The molecular formula is C15H20N2O2. The highest BCUT2D eigenvalue weighted by molar-refractivity contribution is 5.95. The summed E-state index contributed by atoms with van der Waals surface area (Å²) in [5, 5.41) is 9.90. The number of fused-ring (bicyclic) bond motifs is 1. The van der Waals surface area contributed by atoms with Gasteiger partial charge < -0.3 is 15.7 Å². The Morgan fingerprint density at radius 2 is 2.16 bits per heavy atom. The lowest BCUT2D eigenvalue weighted by Crippen LogP contribution is -2.31. The smallest absolute Gasteiger partial charge is 0.253 e. The zero-order valence-electron chi connectivity index (χ0n) is 11.2. The second-order valence-corrected chi connectivity index (χ2v) is 5.85. The molecule has 2 aliphatic rings. The van der Waals surface area contributed by atoms with Gasteiger partial charge in [-0.3, -0.25) is 4.79 Å². The normalized spacial score (nSPS) is 29.6. The molecule has 1 aromatic carbocycles. The van der Waals surface area contributed by atoms with Crippen molar-refractivity contribution in [2.24, 2.45) is 11.8 Å². The van der Waals surface area contributed by atoms with Crippen LogP contribution in [0.15, 0.2) is 18.2 Å². The van der Waals surface area contributed by atoms with Gasteiger partial charge in [0, 0.05) is 30.3 Å². The first kappa shape index (κ1) is 12.5. The molecule has 1 saturated heterocycles. The molecule has 1 aliphatic heterocycles. The fourth-order valence-electron chi connectivity index (χ4n) is 3.39. The number of nitrogens with two attached hydrogens (primary N) is 1. The number of nitrogen functional groups attached to an aromatic ring is 1. The maximum Gasteiger partial charge on any atom is 0.253 e. The van der Waals surface area contributed by atoms with Crippen LogP contribution in [0.4, 0.5) is 5.69 Å². The Morgan fingerprint density at radius 3 is 2.84 bits per heavy atom. The minimum Gasteiger partial charge on any atom is -0.399 e. The third kappa shape index (κ3) is 2.10. The molecule has 0 aromatic heterocycles. The quantitative estimate of drug-likeness (QED) is 0.750. The van der Waals surface area contributed by atoms with Crippen molar-refractivity contribution in [1.82, 2.24) is 4.90 Å². The van der Waals surface area contributed by atoms with Crippen molar-refractivity contribution >= 4 is 11.6 Å². The van der Waals surface area contributed by atoms with Gasteiger partial charge in [-0.2, -0.15) is 0 Å². The molecule has 102 valence electrons. The summed E-state index contributed by atoms with van der Waals surface area (Å²) in [5.74, 6) is 0.817. The average Bonchev–Trinajstić information content (AvgIpc) is 2.95. The molecule has 1 heterocycles. The molecule has 0 spiro atoms. The number of anilines is 1. The number of amides is 1. The van der Waals surface area contributed by atoms with E-state index in [-0.39, 0.29) is 17.9 Å². The van der Waals surface area contributed by atoms with Gasteiger partial charge in [-0.05, 0) is 49.4 Å². The molecule has 2 fully saturated rings. The molecule has 1 saturated carbocycles. The first-order chi connectivity index (χ1) is 9.06. The van der Waals surface area contributed by atoms with Gasteiger partial charge in [0.05, 0.1) is 6.10 Å². The van der Waals surface area contributed by atoms with E-state index in [1.807, 2.05) is 17.9 Å². The van der Waals surface area contributed by atoms with E-state index in [4.69, 9.17) is 5.73 Å². The Kier molecular flexibility index (Phi) is 2.97. The molecule has 1 aromatic rings. The molecule has 0 radical (unpaired) electrons. The maximum absolute atomic E-state index is 12.5.